The summed E-state index contributed by atoms with van der Waals surface area (Å²) in [7, 11) is 0. The number of halogens is 8. The standard InChI is InChI=1S/C18H6Cl6I2O/c1-3-17(25,9-5-13(21)15(23)7-11(9)19)27-18(26,4-2)10-6-14(22)16(24)8-12(10)20/h1-2,5-8H. The minimum absolute atomic E-state index is 0.267. The third-order valence-corrected chi connectivity index (χ3v) is 7.66. The molecule has 0 radical (unpaired) electrons. The fraction of sp³-hybridized carbons (Fsp3) is 0.111. The second kappa shape index (κ2) is 9.25. The van der Waals surface area contributed by atoms with Gasteiger partial charge in [-0.25, -0.2) is 0 Å². The van der Waals surface area contributed by atoms with Crippen LogP contribution in [0.2, 0.25) is 30.1 Å². The summed E-state index contributed by atoms with van der Waals surface area (Å²) in [6.07, 6.45) is 11.5. The second-order valence-corrected chi connectivity index (χ2v) is 10.6. The van der Waals surface area contributed by atoms with Crippen LogP contribution in [0.15, 0.2) is 24.3 Å². The Morgan fingerprint density at radius 3 is 1.22 bits per heavy atom. The molecule has 0 fully saturated rings. The maximum absolute atomic E-state index is 6.32. The molecule has 0 heterocycles. The van der Waals surface area contributed by atoms with E-state index in [2.05, 4.69) is 11.8 Å². The van der Waals surface area contributed by atoms with Crippen LogP contribution >= 0.6 is 115 Å². The van der Waals surface area contributed by atoms with Crippen molar-refractivity contribution in [2.24, 2.45) is 0 Å². The van der Waals surface area contributed by atoms with Gasteiger partial charge in [0.2, 0.25) is 7.22 Å². The molecule has 0 bridgehead atoms. The fourth-order valence-corrected chi connectivity index (χ4v) is 5.71. The maximum atomic E-state index is 6.32. The van der Waals surface area contributed by atoms with Crippen LogP contribution in [0.3, 0.4) is 0 Å². The lowest BCUT2D eigenvalue weighted by Crippen LogP contribution is -2.32. The molecular weight excluding hydrogens is 699 g/mol. The van der Waals surface area contributed by atoms with Gasteiger partial charge in [0.1, 0.15) is 0 Å². The van der Waals surface area contributed by atoms with Crippen molar-refractivity contribution in [3.63, 3.8) is 0 Å². The first-order valence-electron chi connectivity index (χ1n) is 6.81. The molecule has 2 aromatic carbocycles. The van der Waals surface area contributed by atoms with Crippen LogP contribution in [-0.2, 0) is 12.0 Å². The molecule has 27 heavy (non-hydrogen) atoms. The molecular formula is C18H6Cl6I2O. The van der Waals surface area contributed by atoms with Gasteiger partial charge in [-0.3, -0.25) is 0 Å². The van der Waals surface area contributed by atoms with E-state index < -0.39 is 7.22 Å². The van der Waals surface area contributed by atoms with Gasteiger partial charge in [0.25, 0.3) is 0 Å². The van der Waals surface area contributed by atoms with Crippen molar-refractivity contribution in [2.75, 3.05) is 0 Å². The average molecular weight is 705 g/mol. The molecule has 0 aliphatic carbocycles. The average Bonchev–Trinajstić information content (AvgIpc) is 2.60. The number of terminal acetylenes is 2. The van der Waals surface area contributed by atoms with Gasteiger partial charge in [0, 0.05) is 11.1 Å². The minimum Gasteiger partial charge on any atom is -0.316 e. The van der Waals surface area contributed by atoms with E-state index in [0.29, 0.717) is 11.1 Å². The highest BCUT2D eigenvalue weighted by molar-refractivity contribution is 14.1. The normalized spacial score (nSPS) is 15.3. The Kier molecular flexibility index (Phi) is 8.22. The molecule has 140 valence electrons. The summed E-state index contributed by atoms with van der Waals surface area (Å²) in [6, 6.07) is 6.02. The molecule has 2 atom stereocenters. The third-order valence-electron chi connectivity index (χ3n) is 3.37. The quantitative estimate of drug-likeness (QED) is 0.134. The monoisotopic (exact) mass is 702 g/mol. The van der Waals surface area contributed by atoms with E-state index in [1.54, 1.807) is 0 Å². The number of ether oxygens (including phenoxy) is 1. The predicted octanol–water partition coefficient (Wildman–Crippen LogP) is 8.77. The van der Waals surface area contributed by atoms with Crippen LogP contribution in [0, 0.1) is 24.7 Å². The highest BCUT2D eigenvalue weighted by Gasteiger charge is 2.42. The van der Waals surface area contributed by atoms with E-state index in [1.165, 1.54) is 24.3 Å². The Morgan fingerprint density at radius 2 is 0.926 bits per heavy atom. The molecule has 0 N–H and O–H groups in total. The van der Waals surface area contributed by atoms with E-state index in [-0.39, 0.29) is 30.1 Å². The van der Waals surface area contributed by atoms with Crippen molar-refractivity contribution < 1.29 is 4.74 Å². The molecule has 9 heteroatoms. The lowest BCUT2D eigenvalue weighted by molar-refractivity contribution is 0.0262. The highest BCUT2D eigenvalue weighted by Crippen LogP contribution is 2.49. The summed E-state index contributed by atoms with van der Waals surface area (Å²) < 4.78 is 3.41. The smallest absolute Gasteiger partial charge is 0.209 e. The van der Waals surface area contributed by atoms with E-state index in [0.717, 1.165) is 0 Å². The molecule has 2 rings (SSSR count). The molecule has 0 saturated carbocycles. The van der Waals surface area contributed by atoms with Crippen molar-refractivity contribution in [3.8, 4) is 24.7 Å². The van der Waals surface area contributed by atoms with E-state index in [4.69, 9.17) is 87.2 Å². The third kappa shape index (κ3) is 5.08. The SMILES string of the molecule is C#CC(I)(OC(I)(C#C)c1cc(Cl)c(Cl)cc1Cl)c1cc(Cl)c(Cl)cc1Cl. The number of alkyl halides is 2. The molecule has 0 spiro atoms. The largest absolute Gasteiger partial charge is 0.316 e. The van der Waals surface area contributed by atoms with Gasteiger partial charge in [-0.05, 0) is 69.4 Å². The van der Waals surface area contributed by atoms with Crippen molar-refractivity contribution in [3.05, 3.63) is 65.5 Å². The Hall–Kier alpha value is 0.720. The van der Waals surface area contributed by atoms with Crippen molar-refractivity contribution in [1.82, 2.24) is 0 Å². The number of rotatable bonds is 4. The van der Waals surface area contributed by atoms with Gasteiger partial charge in [-0.15, -0.1) is 12.8 Å². The number of hydrogen-bond donors (Lipinski definition) is 0. The zero-order valence-electron chi connectivity index (χ0n) is 12.9. The van der Waals surface area contributed by atoms with Crippen LogP contribution in [-0.4, -0.2) is 0 Å². The number of hydrogen-bond acceptors (Lipinski definition) is 1. The summed E-state index contributed by atoms with van der Waals surface area (Å²) in [5.41, 5.74) is 0.822. The summed E-state index contributed by atoms with van der Waals surface area (Å²) in [5, 5.41) is 1.64. The first-order valence-corrected chi connectivity index (χ1v) is 11.2. The molecule has 0 aliphatic heterocycles. The zero-order valence-corrected chi connectivity index (χ0v) is 21.7. The Bertz CT molecular complexity index is 917. The Balaban J connectivity index is 2.62. The van der Waals surface area contributed by atoms with Crippen molar-refractivity contribution >= 4 is 115 Å². The van der Waals surface area contributed by atoms with Gasteiger partial charge in [0.05, 0.1) is 30.1 Å². The molecule has 0 amide bonds. The van der Waals surface area contributed by atoms with Gasteiger partial charge < -0.3 is 4.74 Å². The highest BCUT2D eigenvalue weighted by atomic mass is 127. The van der Waals surface area contributed by atoms with Crippen molar-refractivity contribution in [1.29, 1.82) is 0 Å². The summed E-state index contributed by atoms with van der Waals surface area (Å²) in [5.74, 6) is 5.13. The molecule has 0 saturated heterocycles. The topological polar surface area (TPSA) is 9.23 Å². The molecule has 2 unspecified atom stereocenters. The second-order valence-electron chi connectivity index (χ2n) is 5.07. The first-order chi connectivity index (χ1) is 12.5. The van der Waals surface area contributed by atoms with Crippen molar-refractivity contribution in [2.45, 2.75) is 7.22 Å². The van der Waals surface area contributed by atoms with E-state index in [1.807, 2.05) is 45.2 Å². The van der Waals surface area contributed by atoms with Crippen LogP contribution in [0.4, 0.5) is 0 Å². The van der Waals surface area contributed by atoms with Crippen LogP contribution in [0.1, 0.15) is 11.1 Å². The molecule has 0 aliphatic rings. The summed E-state index contributed by atoms with van der Waals surface area (Å²) >= 11 is 40.7. The Morgan fingerprint density at radius 1 is 0.630 bits per heavy atom. The first kappa shape index (κ1) is 24.0. The van der Waals surface area contributed by atoms with Gasteiger partial charge in [0.15, 0.2) is 0 Å². The molecule has 0 aromatic heterocycles. The van der Waals surface area contributed by atoms with Gasteiger partial charge >= 0.3 is 0 Å². The van der Waals surface area contributed by atoms with Gasteiger partial charge in [-0.1, -0.05) is 81.4 Å². The van der Waals surface area contributed by atoms with E-state index >= 15 is 0 Å². The van der Waals surface area contributed by atoms with Crippen LogP contribution in [0.25, 0.3) is 0 Å². The molecule has 2 aromatic rings. The zero-order chi connectivity index (χ0) is 20.6. The Labute approximate surface area is 214 Å². The van der Waals surface area contributed by atoms with E-state index in [9.17, 15) is 0 Å². The summed E-state index contributed by atoms with van der Waals surface area (Å²) in [6.45, 7) is 0. The maximum Gasteiger partial charge on any atom is 0.209 e. The van der Waals surface area contributed by atoms with Gasteiger partial charge in [-0.2, -0.15) is 0 Å². The lowest BCUT2D eigenvalue weighted by atomic mass is 10.1. The predicted molar refractivity (Wildman–Crippen MR) is 133 cm³/mol. The lowest BCUT2D eigenvalue weighted by Gasteiger charge is -2.33. The fourth-order valence-electron chi connectivity index (χ4n) is 2.06. The van der Waals surface area contributed by atoms with Crippen LogP contribution < -0.4 is 0 Å². The van der Waals surface area contributed by atoms with Crippen LogP contribution in [0.5, 0.6) is 0 Å². The molecule has 1 nitrogen and oxygen atoms in total. The minimum atomic E-state index is -1.38. The number of benzene rings is 2. The summed E-state index contributed by atoms with van der Waals surface area (Å²) in [4.78, 5) is 0.